The number of aryl methyl sites for hydroxylation is 1. The first-order valence-corrected chi connectivity index (χ1v) is 9.55. The molecular weight excluding hydrogens is 370 g/mol. The van der Waals surface area contributed by atoms with Crippen molar-refractivity contribution in [2.45, 2.75) is 33.2 Å². The van der Waals surface area contributed by atoms with Gasteiger partial charge in [-0.05, 0) is 74.8 Å². The number of benzene rings is 1. The minimum Gasteiger partial charge on any atom is -0.365 e. The predicted octanol–water partition coefficient (Wildman–Crippen LogP) is 3.44. The zero-order valence-corrected chi connectivity index (χ0v) is 17.7. The number of nitrogens with one attached hydrogen (secondary N) is 1. The number of nitrogens with zero attached hydrogens (tertiary/aromatic N) is 2. The minimum atomic E-state index is -0.474. The molecule has 146 valence electrons. The number of hydrogen-bond donors (Lipinski definition) is 1. The van der Waals surface area contributed by atoms with Gasteiger partial charge in [0.15, 0.2) is 5.11 Å². The van der Waals surface area contributed by atoms with Gasteiger partial charge < -0.3 is 4.90 Å². The highest BCUT2D eigenvalue weighted by Crippen LogP contribution is 2.39. The van der Waals surface area contributed by atoms with E-state index < -0.39 is 11.8 Å². The van der Waals surface area contributed by atoms with Crippen LogP contribution in [0.5, 0.6) is 0 Å². The molecule has 3 rings (SSSR count). The summed E-state index contributed by atoms with van der Waals surface area (Å²) in [6.07, 6.45) is 5.46. The lowest BCUT2D eigenvalue weighted by Crippen LogP contribution is -2.53. The molecule has 0 saturated carbocycles. The minimum absolute atomic E-state index is 0.0737. The molecule has 0 aromatic heterocycles. The third-order valence-electron chi connectivity index (χ3n) is 5.40. The lowest BCUT2D eigenvalue weighted by Gasteiger charge is -2.41. The van der Waals surface area contributed by atoms with E-state index in [0.29, 0.717) is 0 Å². The van der Waals surface area contributed by atoms with E-state index in [-0.39, 0.29) is 22.8 Å². The second-order valence-electron chi connectivity index (χ2n) is 7.79. The van der Waals surface area contributed by atoms with Crippen molar-refractivity contribution >= 4 is 46.5 Å². The fourth-order valence-corrected chi connectivity index (χ4v) is 3.87. The number of allylic oxidation sites excluding steroid dienone is 1. The Bertz CT molecular complexity index is 972. The Morgan fingerprint density at radius 3 is 2.57 bits per heavy atom. The number of hydrogen-bond acceptors (Lipinski definition) is 4. The average Bonchev–Trinajstić information content (AvgIpc) is 2.60. The number of thiocarbonyl (C=S) groups is 1. The Kier molecular flexibility index (Phi) is 5.02. The number of carbonyl (C=O) groups excluding carboxylic acids is 2. The van der Waals surface area contributed by atoms with Crippen LogP contribution in [0.2, 0.25) is 0 Å². The molecule has 1 fully saturated rings. The highest BCUT2D eigenvalue weighted by molar-refractivity contribution is 7.80. The van der Waals surface area contributed by atoms with Crippen LogP contribution in [-0.4, -0.2) is 41.0 Å². The zero-order chi connectivity index (χ0) is 20.8. The first-order chi connectivity index (χ1) is 13.1. The molecular formula is C22H25N3O2S. The fraction of sp³-hybridized carbons (Fsp3) is 0.318. The Morgan fingerprint density at radius 2 is 1.93 bits per heavy atom. The standard InChI is InChI=1S/C22H25N3O2S/c1-7-8-25-20(27)17(19(26)23-21(25)28)11-15-10-16-14(3)12-22(4,5)24(6)18(16)9-13(15)2/h7,9-12H,1,8H2,2-6H3,(H,23,26,28)/b17-11+. The fourth-order valence-electron chi connectivity index (χ4n) is 3.62. The van der Waals surface area contributed by atoms with Gasteiger partial charge >= 0.3 is 0 Å². The lowest BCUT2D eigenvalue weighted by molar-refractivity contribution is -0.128. The number of rotatable bonds is 3. The summed E-state index contributed by atoms with van der Waals surface area (Å²) in [5.41, 5.74) is 5.23. The molecule has 1 aromatic rings. The van der Waals surface area contributed by atoms with Crippen molar-refractivity contribution in [1.82, 2.24) is 10.2 Å². The van der Waals surface area contributed by atoms with Crippen LogP contribution in [0.1, 0.15) is 37.5 Å². The molecule has 2 aliphatic heterocycles. The SMILES string of the molecule is C=CCN1C(=O)/C(=C/c2cc3c(cc2C)N(C)C(C)(C)C=C3C)C(=O)NC1=S. The molecule has 1 saturated heterocycles. The van der Waals surface area contributed by atoms with Crippen LogP contribution in [0.4, 0.5) is 5.69 Å². The molecule has 1 N–H and O–H groups in total. The van der Waals surface area contributed by atoms with Crippen molar-refractivity contribution in [1.29, 1.82) is 0 Å². The van der Waals surface area contributed by atoms with Gasteiger partial charge in [0.25, 0.3) is 11.8 Å². The molecule has 0 radical (unpaired) electrons. The van der Waals surface area contributed by atoms with Crippen LogP contribution in [0.3, 0.4) is 0 Å². The van der Waals surface area contributed by atoms with Crippen LogP contribution in [0, 0.1) is 6.92 Å². The van der Waals surface area contributed by atoms with E-state index in [1.54, 1.807) is 12.2 Å². The van der Waals surface area contributed by atoms with E-state index in [4.69, 9.17) is 12.2 Å². The Balaban J connectivity index is 2.09. The predicted molar refractivity (Wildman–Crippen MR) is 118 cm³/mol. The van der Waals surface area contributed by atoms with Crippen molar-refractivity contribution in [3.05, 3.63) is 53.1 Å². The van der Waals surface area contributed by atoms with Gasteiger partial charge in [0.1, 0.15) is 5.57 Å². The van der Waals surface area contributed by atoms with Gasteiger partial charge in [-0.2, -0.15) is 0 Å². The first kappa shape index (κ1) is 20.0. The van der Waals surface area contributed by atoms with E-state index in [2.05, 4.69) is 56.8 Å². The maximum Gasteiger partial charge on any atom is 0.265 e. The lowest BCUT2D eigenvalue weighted by atomic mass is 9.87. The molecule has 28 heavy (non-hydrogen) atoms. The molecule has 6 heteroatoms. The van der Waals surface area contributed by atoms with E-state index in [1.165, 1.54) is 10.5 Å². The van der Waals surface area contributed by atoms with Crippen LogP contribution in [0.25, 0.3) is 11.6 Å². The van der Waals surface area contributed by atoms with E-state index in [0.717, 1.165) is 22.4 Å². The number of anilines is 1. The average molecular weight is 396 g/mol. The normalized spacial score (nSPS) is 20.1. The largest absolute Gasteiger partial charge is 0.365 e. The second-order valence-corrected chi connectivity index (χ2v) is 8.17. The quantitative estimate of drug-likeness (QED) is 0.369. The van der Waals surface area contributed by atoms with Crippen LogP contribution in [0.15, 0.2) is 36.4 Å². The number of likely N-dealkylation sites (N-methyl/N-ethyl adjacent to an activating group) is 1. The van der Waals surface area contributed by atoms with Gasteiger partial charge in [0.2, 0.25) is 0 Å². The third-order valence-corrected chi connectivity index (χ3v) is 5.72. The summed E-state index contributed by atoms with van der Waals surface area (Å²) in [7, 11) is 2.07. The van der Waals surface area contributed by atoms with Crippen molar-refractivity contribution < 1.29 is 9.59 Å². The summed E-state index contributed by atoms with van der Waals surface area (Å²) in [6.45, 7) is 12.3. The summed E-state index contributed by atoms with van der Waals surface area (Å²) in [6, 6.07) is 4.15. The molecule has 0 unspecified atom stereocenters. The molecule has 0 bridgehead atoms. The van der Waals surface area contributed by atoms with Crippen molar-refractivity contribution in [3.8, 4) is 0 Å². The summed E-state index contributed by atoms with van der Waals surface area (Å²) >= 11 is 5.11. The van der Waals surface area contributed by atoms with E-state index >= 15 is 0 Å². The van der Waals surface area contributed by atoms with Gasteiger partial charge in [-0.1, -0.05) is 12.2 Å². The van der Waals surface area contributed by atoms with Gasteiger partial charge in [-0.25, -0.2) is 0 Å². The third kappa shape index (κ3) is 3.29. The molecule has 2 aliphatic rings. The highest BCUT2D eigenvalue weighted by Gasteiger charge is 2.33. The molecule has 0 spiro atoms. The Hall–Kier alpha value is -2.73. The summed E-state index contributed by atoms with van der Waals surface area (Å²) in [5, 5.41) is 2.69. The Morgan fingerprint density at radius 1 is 1.25 bits per heavy atom. The highest BCUT2D eigenvalue weighted by atomic mass is 32.1. The molecule has 2 amide bonds. The Labute approximate surface area is 171 Å². The van der Waals surface area contributed by atoms with Gasteiger partial charge in [-0.15, -0.1) is 6.58 Å². The molecule has 5 nitrogen and oxygen atoms in total. The van der Waals surface area contributed by atoms with Crippen molar-refractivity contribution in [2.24, 2.45) is 0 Å². The van der Waals surface area contributed by atoms with Gasteiger partial charge in [0, 0.05) is 24.8 Å². The van der Waals surface area contributed by atoms with Crippen molar-refractivity contribution in [3.63, 3.8) is 0 Å². The molecule has 0 aliphatic carbocycles. The van der Waals surface area contributed by atoms with Crippen LogP contribution < -0.4 is 10.2 Å². The second kappa shape index (κ2) is 7.02. The monoisotopic (exact) mass is 395 g/mol. The number of amides is 2. The molecule has 2 heterocycles. The summed E-state index contributed by atoms with van der Waals surface area (Å²) in [5.74, 6) is -0.880. The van der Waals surface area contributed by atoms with Crippen LogP contribution >= 0.6 is 12.2 Å². The summed E-state index contributed by atoms with van der Waals surface area (Å²) < 4.78 is 0. The first-order valence-electron chi connectivity index (χ1n) is 9.15. The molecule has 0 atom stereocenters. The smallest absolute Gasteiger partial charge is 0.265 e. The van der Waals surface area contributed by atoms with Crippen molar-refractivity contribution in [2.75, 3.05) is 18.5 Å². The van der Waals surface area contributed by atoms with Gasteiger partial charge in [0.05, 0.1) is 5.54 Å². The zero-order valence-electron chi connectivity index (χ0n) is 16.9. The summed E-state index contributed by atoms with van der Waals surface area (Å²) in [4.78, 5) is 28.8. The topological polar surface area (TPSA) is 52.7 Å². The molecule has 1 aromatic carbocycles. The number of fused-ring (bicyclic) bond motifs is 1. The number of carbonyl (C=O) groups is 2. The van der Waals surface area contributed by atoms with E-state index in [9.17, 15) is 9.59 Å². The maximum absolute atomic E-state index is 12.8. The maximum atomic E-state index is 12.8. The van der Waals surface area contributed by atoms with E-state index in [1.807, 2.05) is 13.0 Å². The van der Waals surface area contributed by atoms with Gasteiger partial charge in [-0.3, -0.25) is 19.8 Å². The van der Waals surface area contributed by atoms with Crippen LogP contribution in [-0.2, 0) is 9.59 Å².